The lowest BCUT2D eigenvalue weighted by Crippen LogP contribution is -2.37. The van der Waals surface area contributed by atoms with Gasteiger partial charge < -0.3 is 9.47 Å². The third-order valence-electron chi connectivity index (χ3n) is 1.26. The molecule has 0 fully saturated rings. The van der Waals surface area contributed by atoms with E-state index in [1.54, 1.807) is 0 Å². The number of nitro groups is 2. The smallest absolute Gasteiger partial charge is 0.442 e. The van der Waals surface area contributed by atoms with Crippen molar-refractivity contribution in [2.45, 2.75) is 12.1 Å². The van der Waals surface area contributed by atoms with Crippen molar-refractivity contribution in [3.05, 3.63) is 20.2 Å². The Morgan fingerprint density at radius 3 is 1.50 bits per heavy atom. The van der Waals surface area contributed by atoms with E-state index in [4.69, 9.17) is 0 Å². The highest BCUT2D eigenvalue weighted by Crippen LogP contribution is 2.16. The van der Waals surface area contributed by atoms with E-state index in [1.165, 1.54) is 0 Å². The quantitative estimate of drug-likeness (QED) is 0.237. The van der Waals surface area contributed by atoms with E-state index < -0.39 is 40.4 Å². The lowest BCUT2D eigenvalue weighted by atomic mass is 10.6. The number of rotatable bonds is 6. The van der Waals surface area contributed by atoms with E-state index in [-0.39, 0.29) is 0 Å². The maximum atomic E-state index is 12.3. The summed E-state index contributed by atoms with van der Waals surface area (Å²) < 4.78 is 56.9. The summed E-state index contributed by atoms with van der Waals surface area (Å²) in [4.78, 5) is 15.5. The molecule has 0 amide bonds. The second kappa shape index (κ2) is 5.70. The minimum absolute atomic E-state index is 1.29. The first-order valence-corrected chi connectivity index (χ1v) is 4.24. The molecule has 0 N–H and O–H groups in total. The molecule has 0 bridgehead atoms. The monoisotopic (exact) mass is 296 g/mol. The average molecular weight is 296 g/mol. The molecule has 13 heteroatoms. The van der Waals surface area contributed by atoms with E-state index in [1.807, 2.05) is 0 Å². The van der Waals surface area contributed by atoms with Crippen LogP contribution in [-0.4, -0.2) is 40.4 Å². The summed E-state index contributed by atoms with van der Waals surface area (Å²) in [5.74, 6) is 0. The van der Waals surface area contributed by atoms with Crippen molar-refractivity contribution < 1.29 is 36.9 Å². The van der Waals surface area contributed by atoms with Gasteiger partial charge in [0.15, 0.2) is 0 Å². The summed E-state index contributed by atoms with van der Waals surface area (Å²) >= 11 is 4.01. The van der Waals surface area contributed by atoms with Gasteiger partial charge in [-0.2, -0.15) is 0 Å². The van der Waals surface area contributed by atoms with Crippen molar-refractivity contribution in [1.82, 2.24) is 0 Å². The van der Waals surface area contributed by atoms with Crippen LogP contribution in [0, 0.1) is 20.2 Å². The van der Waals surface area contributed by atoms with Crippen LogP contribution in [0.3, 0.4) is 0 Å². The molecule has 0 aromatic rings. The van der Waals surface area contributed by atoms with Crippen molar-refractivity contribution in [2.75, 3.05) is 13.2 Å². The molecule has 0 atom stereocenters. The van der Waals surface area contributed by atoms with Crippen LogP contribution >= 0.6 is 12.2 Å². The van der Waals surface area contributed by atoms with Gasteiger partial charge in [-0.1, -0.05) is 0 Å². The van der Waals surface area contributed by atoms with Crippen LogP contribution < -0.4 is 0 Å². The Kier molecular flexibility index (Phi) is 5.13. The summed E-state index contributed by atoms with van der Waals surface area (Å²) in [6.07, 6.45) is 0. The lowest BCUT2D eigenvalue weighted by Gasteiger charge is -2.11. The van der Waals surface area contributed by atoms with E-state index in [0.29, 0.717) is 0 Å². The SMILES string of the molecule is O=[N+]([O-])C(F)(F)COC(=S)OCC(F)(F)[N+](=O)[O-]. The van der Waals surface area contributed by atoms with Gasteiger partial charge in [-0.05, 0) is 0 Å². The molecule has 8 nitrogen and oxygen atoms in total. The normalized spacial score (nSPS) is 11.8. The van der Waals surface area contributed by atoms with E-state index in [0.717, 1.165) is 0 Å². The minimum atomic E-state index is -4.49. The highest BCUT2D eigenvalue weighted by atomic mass is 32.1. The Morgan fingerprint density at radius 1 is 1.00 bits per heavy atom. The van der Waals surface area contributed by atoms with E-state index in [9.17, 15) is 37.8 Å². The Morgan fingerprint density at radius 2 is 1.28 bits per heavy atom. The molecule has 0 aliphatic rings. The largest absolute Gasteiger partial charge is 0.545 e. The summed E-state index contributed by atoms with van der Waals surface area (Å²) in [5.41, 5.74) is 0. The first-order valence-electron chi connectivity index (χ1n) is 3.83. The van der Waals surface area contributed by atoms with Crippen LogP contribution in [0.4, 0.5) is 17.6 Å². The predicted octanol–water partition coefficient (Wildman–Crippen LogP) is 1.04. The molecule has 0 rings (SSSR count). The summed E-state index contributed by atoms with van der Waals surface area (Å²) in [5, 5.41) is 18.2. The first-order chi connectivity index (χ1) is 7.99. The molecule has 0 radical (unpaired) electrons. The van der Waals surface area contributed by atoms with Gasteiger partial charge in [-0.3, -0.25) is 20.2 Å². The Labute approximate surface area is 101 Å². The van der Waals surface area contributed by atoms with E-state index >= 15 is 0 Å². The lowest BCUT2D eigenvalue weighted by molar-refractivity contribution is -0.647. The molecule has 0 saturated heterocycles. The number of thiocarbonyl (C=S) groups is 1. The number of halogens is 4. The molecule has 0 heterocycles. The maximum Gasteiger partial charge on any atom is 0.545 e. The van der Waals surface area contributed by atoms with Gasteiger partial charge in [-0.25, -0.2) is 0 Å². The second-order valence-electron chi connectivity index (χ2n) is 2.67. The fraction of sp³-hybridized carbons (Fsp3) is 0.800. The Bertz CT molecular complexity index is 332. The van der Waals surface area contributed by atoms with Gasteiger partial charge in [0.05, 0.1) is 9.85 Å². The Balaban J connectivity index is 4.16. The van der Waals surface area contributed by atoms with Crippen LogP contribution in [0.5, 0.6) is 0 Å². The summed E-state index contributed by atoms with van der Waals surface area (Å²) in [7, 11) is 0. The van der Waals surface area contributed by atoms with Crippen molar-refractivity contribution >= 4 is 17.5 Å². The molecular weight excluding hydrogens is 292 g/mol. The van der Waals surface area contributed by atoms with Crippen molar-refractivity contribution in [3.63, 3.8) is 0 Å². The molecule has 0 saturated carbocycles. The zero-order valence-corrected chi connectivity index (χ0v) is 8.99. The van der Waals surface area contributed by atoms with Gasteiger partial charge in [0.2, 0.25) is 13.2 Å². The van der Waals surface area contributed by atoms with Gasteiger partial charge >= 0.3 is 17.3 Å². The predicted molar refractivity (Wildman–Crippen MR) is 48.4 cm³/mol. The summed E-state index contributed by atoms with van der Waals surface area (Å²) in [6.45, 7) is -3.69. The number of nitrogens with zero attached hydrogens (tertiary/aromatic N) is 2. The van der Waals surface area contributed by atoms with Gasteiger partial charge in [0, 0.05) is 12.2 Å². The molecular formula is C5H4F4N2O6S. The Hall–Kier alpha value is -1.79. The van der Waals surface area contributed by atoms with Gasteiger partial charge in [-0.15, -0.1) is 17.6 Å². The third kappa shape index (κ3) is 5.03. The number of hydrogen-bond donors (Lipinski definition) is 0. The fourth-order valence-corrected chi connectivity index (χ4v) is 0.556. The minimum Gasteiger partial charge on any atom is -0.442 e. The first kappa shape index (κ1) is 16.2. The number of ether oxygens (including phenoxy) is 2. The summed E-state index contributed by atoms with van der Waals surface area (Å²) in [6, 6.07) is -8.97. The van der Waals surface area contributed by atoms with Crippen LogP contribution in [-0.2, 0) is 9.47 Å². The van der Waals surface area contributed by atoms with Crippen molar-refractivity contribution in [1.29, 1.82) is 0 Å². The average Bonchev–Trinajstić information content (AvgIpc) is 2.23. The topological polar surface area (TPSA) is 105 Å². The van der Waals surface area contributed by atoms with Crippen LogP contribution in [0.25, 0.3) is 0 Å². The van der Waals surface area contributed by atoms with E-state index in [2.05, 4.69) is 21.7 Å². The van der Waals surface area contributed by atoms with Gasteiger partial charge in [0.25, 0.3) is 0 Å². The molecule has 18 heavy (non-hydrogen) atoms. The van der Waals surface area contributed by atoms with Crippen LogP contribution in [0.15, 0.2) is 0 Å². The molecule has 0 aromatic heterocycles. The van der Waals surface area contributed by atoms with Gasteiger partial charge in [0.1, 0.15) is 0 Å². The van der Waals surface area contributed by atoms with Crippen LogP contribution in [0.1, 0.15) is 0 Å². The van der Waals surface area contributed by atoms with Crippen molar-refractivity contribution in [3.8, 4) is 0 Å². The maximum absolute atomic E-state index is 12.3. The zero-order valence-electron chi connectivity index (χ0n) is 8.18. The molecule has 104 valence electrons. The highest BCUT2D eigenvalue weighted by molar-refractivity contribution is 7.79. The van der Waals surface area contributed by atoms with Crippen LogP contribution in [0.2, 0.25) is 0 Å². The third-order valence-corrected chi connectivity index (χ3v) is 1.50. The molecule has 0 spiro atoms. The van der Waals surface area contributed by atoms with Crippen molar-refractivity contribution in [2.24, 2.45) is 0 Å². The molecule has 0 aromatic carbocycles. The fourth-order valence-electron chi connectivity index (χ4n) is 0.439. The second-order valence-corrected chi connectivity index (χ2v) is 3.01. The number of alkyl halides is 4. The highest BCUT2D eigenvalue weighted by Gasteiger charge is 2.47. The standard InChI is InChI=1S/C5H4F4N2O6S/c6-4(7,10(12)13)1-16-3(18)17-2-5(8,9)11(14)15/h1-2H2. The zero-order chi connectivity index (χ0) is 14.6. The molecule has 0 aliphatic heterocycles. The number of hydrogen-bond acceptors (Lipinski definition) is 7. The molecule has 0 unspecified atom stereocenters. The molecule has 0 aliphatic carbocycles.